The van der Waals surface area contributed by atoms with Crippen molar-refractivity contribution in [1.29, 1.82) is 0 Å². The van der Waals surface area contributed by atoms with Gasteiger partial charge in [0.05, 0.1) is 6.20 Å². The lowest BCUT2D eigenvalue weighted by atomic mass is 10.0. The summed E-state index contributed by atoms with van der Waals surface area (Å²) in [5, 5.41) is 12.5. The van der Waals surface area contributed by atoms with Gasteiger partial charge in [-0.3, -0.25) is 14.4 Å². The Morgan fingerprint density at radius 3 is 2.67 bits per heavy atom. The average molecular weight is 316 g/mol. The first-order valence-electron chi connectivity index (χ1n) is 6.58. The van der Waals surface area contributed by atoms with Crippen molar-refractivity contribution in [1.82, 2.24) is 19.0 Å². The van der Waals surface area contributed by atoms with Gasteiger partial charge in [-0.15, -0.1) is 0 Å². The Kier molecular flexibility index (Phi) is 4.09. The summed E-state index contributed by atoms with van der Waals surface area (Å²) in [4.78, 5) is 12.8. The molecule has 1 N–H and O–H groups in total. The first-order valence-corrected chi connectivity index (χ1v) is 8.02. The van der Waals surface area contributed by atoms with Crippen LogP contribution in [0.5, 0.6) is 0 Å². The van der Waals surface area contributed by atoms with Gasteiger partial charge in [0.1, 0.15) is 11.4 Å². The predicted octanol–water partition coefficient (Wildman–Crippen LogP) is -0.318. The van der Waals surface area contributed by atoms with Crippen LogP contribution < -0.4 is 0 Å². The topological polar surface area (TPSA) is 95.7 Å². The number of aliphatic carboxylic acids is 1. The van der Waals surface area contributed by atoms with Crippen molar-refractivity contribution >= 4 is 16.0 Å². The number of likely N-dealkylation sites (N-methyl/N-ethyl adjacent to an activating group) is 1. The molecule has 0 atom stereocenters. The number of hydrogen-bond acceptors (Lipinski definition) is 5. The third-order valence-electron chi connectivity index (χ3n) is 3.83. The third kappa shape index (κ3) is 3.25. The third-order valence-corrected chi connectivity index (χ3v) is 5.62. The van der Waals surface area contributed by atoms with E-state index >= 15 is 0 Å². The minimum atomic E-state index is -3.64. The lowest BCUT2D eigenvalue weighted by molar-refractivity contribution is -0.137. The minimum Gasteiger partial charge on any atom is -0.480 e. The first-order chi connectivity index (χ1) is 9.63. The van der Waals surface area contributed by atoms with Crippen LogP contribution in [0.15, 0.2) is 17.3 Å². The molecule has 0 amide bonds. The number of hydrogen-bond donors (Lipinski definition) is 1. The average Bonchev–Trinajstić information content (AvgIpc) is 2.80. The molecule has 1 aliphatic rings. The molecule has 1 fully saturated rings. The van der Waals surface area contributed by atoms with Gasteiger partial charge >= 0.3 is 5.97 Å². The maximum absolute atomic E-state index is 12.6. The van der Waals surface area contributed by atoms with Crippen molar-refractivity contribution in [3.63, 3.8) is 0 Å². The second-order valence-electron chi connectivity index (χ2n) is 5.84. The van der Waals surface area contributed by atoms with Crippen LogP contribution in [0.2, 0.25) is 0 Å². The van der Waals surface area contributed by atoms with Gasteiger partial charge in [-0.05, 0) is 20.9 Å². The van der Waals surface area contributed by atoms with E-state index in [-0.39, 0.29) is 17.0 Å². The second kappa shape index (κ2) is 5.39. The zero-order valence-electron chi connectivity index (χ0n) is 12.4. The molecule has 9 heteroatoms. The summed E-state index contributed by atoms with van der Waals surface area (Å²) >= 11 is 0. The molecule has 0 saturated carbocycles. The highest BCUT2D eigenvalue weighted by molar-refractivity contribution is 7.89. The van der Waals surface area contributed by atoms with Crippen molar-refractivity contribution in [2.24, 2.45) is 0 Å². The molecule has 1 aromatic rings. The number of sulfonamides is 1. The quantitative estimate of drug-likeness (QED) is 0.818. The molecule has 0 radical (unpaired) electrons. The number of carboxylic acid groups (broad SMARTS) is 1. The summed E-state index contributed by atoms with van der Waals surface area (Å²) in [5.74, 6) is -1.07. The van der Waals surface area contributed by atoms with Gasteiger partial charge in [0.25, 0.3) is 0 Å². The molecule has 21 heavy (non-hydrogen) atoms. The van der Waals surface area contributed by atoms with Gasteiger partial charge in [-0.1, -0.05) is 0 Å². The number of nitrogens with zero attached hydrogens (tertiary/aromatic N) is 4. The van der Waals surface area contributed by atoms with Gasteiger partial charge in [0, 0.05) is 31.4 Å². The van der Waals surface area contributed by atoms with E-state index in [1.807, 2.05) is 20.9 Å². The molecule has 0 unspecified atom stereocenters. The zero-order valence-corrected chi connectivity index (χ0v) is 13.2. The predicted molar refractivity (Wildman–Crippen MR) is 75.3 cm³/mol. The fraction of sp³-hybridized carbons (Fsp3) is 0.667. The highest BCUT2D eigenvalue weighted by atomic mass is 32.2. The normalized spacial score (nSPS) is 20.5. The van der Waals surface area contributed by atoms with E-state index in [0.717, 1.165) is 4.68 Å². The first kappa shape index (κ1) is 15.9. The monoisotopic (exact) mass is 316 g/mol. The molecule has 0 spiro atoms. The Morgan fingerprint density at radius 1 is 1.43 bits per heavy atom. The Morgan fingerprint density at radius 2 is 2.10 bits per heavy atom. The second-order valence-corrected chi connectivity index (χ2v) is 7.78. The molecule has 0 bridgehead atoms. The molecule has 118 valence electrons. The van der Waals surface area contributed by atoms with Crippen molar-refractivity contribution in [3.05, 3.63) is 12.4 Å². The van der Waals surface area contributed by atoms with Crippen LogP contribution >= 0.6 is 0 Å². The number of piperazine rings is 1. The molecule has 1 saturated heterocycles. The Hall–Kier alpha value is -1.45. The van der Waals surface area contributed by atoms with E-state index in [2.05, 4.69) is 10.00 Å². The molecule has 1 aromatic heterocycles. The zero-order chi connectivity index (χ0) is 15.8. The molecular formula is C12H20N4O4S. The Bertz CT molecular complexity index is 637. The molecule has 8 nitrogen and oxygen atoms in total. The van der Waals surface area contributed by atoms with Gasteiger partial charge in [0.2, 0.25) is 10.0 Å². The van der Waals surface area contributed by atoms with E-state index in [0.29, 0.717) is 19.6 Å². The van der Waals surface area contributed by atoms with Gasteiger partial charge in [-0.25, -0.2) is 8.42 Å². The van der Waals surface area contributed by atoms with Crippen LogP contribution in [-0.2, 0) is 21.4 Å². The highest BCUT2D eigenvalue weighted by Gasteiger charge is 2.37. The minimum absolute atomic E-state index is 0.0316. The number of carboxylic acids is 1. The maximum Gasteiger partial charge on any atom is 0.325 e. The number of carbonyl (C=O) groups is 1. The molecule has 2 heterocycles. The summed E-state index contributed by atoms with van der Waals surface area (Å²) < 4.78 is 27.7. The lowest BCUT2D eigenvalue weighted by Gasteiger charge is -2.44. The van der Waals surface area contributed by atoms with Crippen LogP contribution in [-0.4, -0.2) is 70.7 Å². The Balaban J connectivity index is 2.22. The van der Waals surface area contributed by atoms with Crippen molar-refractivity contribution in [3.8, 4) is 0 Å². The van der Waals surface area contributed by atoms with Crippen LogP contribution in [0.1, 0.15) is 13.8 Å². The molecular weight excluding hydrogens is 296 g/mol. The lowest BCUT2D eigenvalue weighted by Crippen LogP contribution is -2.58. The van der Waals surface area contributed by atoms with E-state index in [1.54, 1.807) is 0 Å². The number of aromatic nitrogens is 2. The van der Waals surface area contributed by atoms with Crippen molar-refractivity contribution in [2.75, 3.05) is 26.7 Å². The summed E-state index contributed by atoms with van der Waals surface area (Å²) in [5.41, 5.74) is -0.248. The van der Waals surface area contributed by atoms with Crippen LogP contribution in [0.25, 0.3) is 0 Å². The molecule has 1 aliphatic heterocycles. The summed E-state index contributed by atoms with van der Waals surface area (Å²) in [7, 11) is -1.67. The van der Waals surface area contributed by atoms with Gasteiger partial charge < -0.3 is 5.11 Å². The number of rotatable bonds is 4. The van der Waals surface area contributed by atoms with E-state index in [9.17, 15) is 13.2 Å². The van der Waals surface area contributed by atoms with E-state index < -0.39 is 16.0 Å². The fourth-order valence-corrected chi connectivity index (χ4v) is 3.79. The highest BCUT2D eigenvalue weighted by Crippen LogP contribution is 2.24. The molecule has 2 rings (SSSR count). The van der Waals surface area contributed by atoms with Crippen molar-refractivity contribution in [2.45, 2.75) is 30.8 Å². The SMILES string of the molecule is CN1CCN(S(=O)(=O)c2cnn(CC(=O)O)c2)CC1(C)C. The molecule has 0 aliphatic carbocycles. The van der Waals surface area contributed by atoms with Crippen LogP contribution in [0.3, 0.4) is 0 Å². The van der Waals surface area contributed by atoms with E-state index in [1.165, 1.54) is 16.7 Å². The summed E-state index contributed by atoms with van der Waals surface area (Å²) in [6.45, 7) is 5.06. The standard InChI is InChI=1S/C12H20N4O4S/c1-12(2)9-16(5-4-14(12)3)21(19,20)10-6-13-15(7-10)8-11(17)18/h6-7H,4-5,8-9H2,1-3H3,(H,17,18). The fourth-order valence-electron chi connectivity index (χ4n) is 2.25. The summed E-state index contributed by atoms with van der Waals surface area (Å²) in [6, 6.07) is 0. The van der Waals surface area contributed by atoms with Crippen LogP contribution in [0.4, 0.5) is 0 Å². The van der Waals surface area contributed by atoms with Gasteiger partial charge in [0.15, 0.2) is 0 Å². The van der Waals surface area contributed by atoms with Crippen molar-refractivity contribution < 1.29 is 18.3 Å². The maximum atomic E-state index is 12.6. The largest absolute Gasteiger partial charge is 0.480 e. The van der Waals surface area contributed by atoms with Gasteiger partial charge in [-0.2, -0.15) is 9.40 Å². The Labute approximate surface area is 124 Å². The van der Waals surface area contributed by atoms with Crippen LogP contribution in [0, 0.1) is 0 Å². The molecule has 0 aromatic carbocycles. The van der Waals surface area contributed by atoms with E-state index in [4.69, 9.17) is 5.11 Å². The smallest absolute Gasteiger partial charge is 0.325 e. The summed E-state index contributed by atoms with van der Waals surface area (Å²) in [6.07, 6.45) is 2.46.